The van der Waals surface area contributed by atoms with E-state index in [9.17, 15) is 18.0 Å². The van der Waals surface area contributed by atoms with Crippen LogP contribution in [0, 0.1) is 0 Å². The molecule has 2 rings (SSSR count). The predicted molar refractivity (Wildman–Crippen MR) is 61.7 cm³/mol. The van der Waals surface area contributed by atoms with Crippen molar-refractivity contribution in [3.8, 4) is 16.9 Å². The van der Waals surface area contributed by atoms with Crippen molar-refractivity contribution in [3.63, 3.8) is 0 Å². The molecule has 0 spiro atoms. The zero-order chi connectivity index (χ0) is 13.9. The van der Waals surface area contributed by atoms with Crippen LogP contribution in [0.15, 0.2) is 42.7 Å². The lowest BCUT2D eigenvalue weighted by atomic mass is 10.0. The van der Waals surface area contributed by atoms with E-state index < -0.39 is 6.36 Å². The summed E-state index contributed by atoms with van der Waals surface area (Å²) >= 11 is 0. The highest BCUT2D eigenvalue weighted by molar-refractivity contribution is 5.87. The van der Waals surface area contributed by atoms with Gasteiger partial charge in [-0.25, -0.2) is 0 Å². The van der Waals surface area contributed by atoms with Crippen molar-refractivity contribution >= 4 is 6.29 Å². The Morgan fingerprint density at radius 2 is 2.00 bits per heavy atom. The standard InChI is InChI=1S/C13H8F3NO2/c14-13(15,16)19-11-3-1-2-9(6-11)12-7-17-5-4-10(12)8-18/h1-8H. The Morgan fingerprint density at radius 1 is 1.21 bits per heavy atom. The van der Waals surface area contributed by atoms with Crippen LogP contribution in [-0.2, 0) is 0 Å². The number of ether oxygens (including phenoxy) is 1. The van der Waals surface area contributed by atoms with Gasteiger partial charge in [-0.1, -0.05) is 12.1 Å². The molecule has 0 aliphatic carbocycles. The van der Waals surface area contributed by atoms with Crippen LogP contribution in [-0.4, -0.2) is 17.6 Å². The molecule has 6 heteroatoms. The highest BCUT2D eigenvalue weighted by Crippen LogP contribution is 2.28. The summed E-state index contributed by atoms with van der Waals surface area (Å²) in [6.07, 6.45) is -1.28. The molecule has 19 heavy (non-hydrogen) atoms. The molecular weight excluding hydrogens is 259 g/mol. The molecule has 1 heterocycles. The summed E-state index contributed by atoms with van der Waals surface area (Å²) in [6, 6.07) is 6.87. The number of carbonyl (C=O) groups excluding carboxylic acids is 1. The maximum atomic E-state index is 12.1. The summed E-state index contributed by atoms with van der Waals surface area (Å²) in [4.78, 5) is 14.7. The number of nitrogens with zero attached hydrogens (tertiary/aromatic N) is 1. The average molecular weight is 267 g/mol. The van der Waals surface area contributed by atoms with Crippen LogP contribution in [0.3, 0.4) is 0 Å². The molecule has 0 radical (unpaired) electrons. The number of hydrogen-bond acceptors (Lipinski definition) is 3. The van der Waals surface area contributed by atoms with Crippen molar-refractivity contribution in [1.29, 1.82) is 0 Å². The third-order valence-corrected chi connectivity index (χ3v) is 2.36. The average Bonchev–Trinajstić information content (AvgIpc) is 2.37. The van der Waals surface area contributed by atoms with Crippen molar-refractivity contribution in [2.45, 2.75) is 6.36 Å². The zero-order valence-electron chi connectivity index (χ0n) is 9.52. The van der Waals surface area contributed by atoms with Gasteiger partial charge in [0.15, 0.2) is 6.29 Å². The molecule has 1 aromatic carbocycles. The Bertz CT molecular complexity index is 596. The van der Waals surface area contributed by atoms with E-state index in [1.165, 1.54) is 36.7 Å². The van der Waals surface area contributed by atoms with Gasteiger partial charge in [0.1, 0.15) is 5.75 Å². The maximum Gasteiger partial charge on any atom is 0.573 e. The van der Waals surface area contributed by atoms with Crippen molar-refractivity contribution in [3.05, 3.63) is 48.3 Å². The molecule has 98 valence electrons. The van der Waals surface area contributed by atoms with Gasteiger partial charge in [0.25, 0.3) is 0 Å². The van der Waals surface area contributed by atoms with Crippen LogP contribution < -0.4 is 4.74 Å². The fraction of sp³-hybridized carbons (Fsp3) is 0.0769. The second-order valence-electron chi connectivity index (χ2n) is 3.66. The second-order valence-corrected chi connectivity index (χ2v) is 3.66. The number of carbonyl (C=O) groups is 1. The molecule has 0 amide bonds. The molecule has 0 bridgehead atoms. The first kappa shape index (κ1) is 13.1. The van der Waals surface area contributed by atoms with Crippen molar-refractivity contribution < 1.29 is 22.7 Å². The first-order valence-electron chi connectivity index (χ1n) is 5.25. The predicted octanol–water partition coefficient (Wildman–Crippen LogP) is 3.46. The molecular formula is C13H8F3NO2. The van der Waals surface area contributed by atoms with Crippen molar-refractivity contribution in [2.75, 3.05) is 0 Å². The SMILES string of the molecule is O=Cc1ccncc1-c1cccc(OC(F)(F)F)c1. The van der Waals surface area contributed by atoms with Gasteiger partial charge in [0, 0.05) is 23.5 Å². The summed E-state index contributed by atoms with van der Waals surface area (Å²) < 4.78 is 40.2. The lowest BCUT2D eigenvalue weighted by Crippen LogP contribution is -2.17. The summed E-state index contributed by atoms with van der Waals surface area (Å²) in [5, 5.41) is 0. The van der Waals surface area contributed by atoms with Gasteiger partial charge >= 0.3 is 6.36 Å². The van der Waals surface area contributed by atoms with Gasteiger partial charge < -0.3 is 4.74 Å². The molecule has 0 atom stereocenters. The highest BCUT2D eigenvalue weighted by Gasteiger charge is 2.31. The fourth-order valence-corrected chi connectivity index (χ4v) is 1.61. The van der Waals surface area contributed by atoms with Crippen LogP contribution in [0.25, 0.3) is 11.1 Å². The molecule has 0 aliphatic rings. The summed E-state index contributed by atoms with van der Waals surface area (Å²) in [7, 11) is 0. The van der Waals surface area contributed by atoms with Crippen LogP contribution in [0.4, 0.5) is 13.2 Å². The molecule has 0 N–H and O–H groups in total. The van der Waals surface area contributed by atoms with Crippen LogP contribution in [0.5, 0.6) is 5.75 Å². The summed E-state index contributed by atoms with van der Waals surface area (Å²) in [5.41, 5.74) is 1.22. The molecule has 0 unspecified atom stereocenters. The number of benzene rings is 1. The molecule has 3 nitrogen and oxygen atoms in total. The number of halogens is 3. The van der Waals surface area contributed by atoms with E-state index in [0.29, 0.717) is 23.0 Å². The van der Waals surface area contributed by atoms with E-state index >= 15 is 0 Å². The number of aromatic nitrogens is 1. The Balaban J connectivity index is 2.41. The van der Waals surface area contributed by atoms with Gasteiger partial charge in [-0.15, -0.1) is 13.2 Å². The number of rotatable bonds is 3. The minimum Gasteiger partial charge on any atom is -0.406 e. The van der Waals surface area contributed by atoms with Gasteiger partial charge in [-0.2, -0.15) is 0 Å². The van der Waals surface area contributed by atoms with E-state index in [2.05, 4.69) is 9.72 Å². The maximum absolute atomic E-state index is 12.1. The van der Waals surface area contributed by atoms with E-state index in [1.54, 1.807) is 6.07 Å². The van der Waals surface area contributed by atoms with E-state index in [-0.39, 0.29) is 5.75 Å². The Kier molecular flexibility index (Phi) is 3.50. The van der Waals surface area contributed by atoms with E-state index in [4.69, 9.17) is 0 Å². The minimum absolute atomic E-state index is 0.342. The third-order valence-electron chi connectivity index (χ3n) is 2.36. The first-order valence-corrected chi connectivity index (χ1v) is 5.25. The Labute approximate surface area is 106 Å². The van der Waals surface area contributed by atoms with Crippen molar-refractivity contribution in [2.24, 2.45) is 0 Å². The highest BCUT2D eigenvalue weighted by atomic mass is 19.4. The van der Waals surface area contributed by atoms with Crippen LogP contribution in [0.1, 0.15) is 10.4 Å². The first-order chi connectivity index (χ1) is 8.99. The topological polar surface area (TPSA) is 39.2 Å². The molecule has 0 fully saturated rings. The summed E-state index contributed by atoms with van der Waals surface area (Å²) in [6.45, 7) is 0. The van der Waals surface area contributed by atoms with Gasteiger partial charge in [-0.05, 0) is 23.8 Å². The second kappa shape index (κ2) is 5.09. The monoisotopic (exact) mass is 267 g/mol. The number of hydrogen-bond donors (Lipinski definition) is 0. The Hall–Kier alpha value is -2.37. The van der Waals surface area contributed by atoms with E-state index in [0.717, 1.165) is 0 Å². The fourth-order valence-electron chi connectivity index (χ4n) is 1.61. The van der Waals surface area contributed by atoms with Crippen LogP contribution in [0.2, 0.25) is 0 Å². The van der Waals surface area contributed by atoms with E-state index in [1.807, 2.05) is 0 Å². The molecule has 0 saturated heterocycles. The molecule has 0 aliphatic heterocycles. The normalized spacial score (nSPS) is 11.1. The smallest absolute Gasteiger partial charge is 0.406 e. The molecule has 0 saturated carbocycles. The van der Waals surface area contributed by atoms with Gasteiger partial charge in [-0.3, -0.25) is 9.78 Å². The lowest BCUT2D eigenvalue weighted by molar-refractivity contribution is -0.274. The minimum atomic E-state index is -4.75. The van der Waals surface area contributed by atoms with Crippen molar-refractivity contribution in [1.82, 2.24) is 4.98 Å². The third kappa shape index (κ3) is 3.31. The number of aldehydes is 1. The largest absolute Gasteiger partial charge is 0.573 e. The van der Waals surface area contributed by atoms with Crippen LogP contribution >= 0.6 is 0 Å². The summed E-state index contributed by atoms with van der Waals surface area (Å²) in [5.74, 6) is -0.342. The van der Waals surface area contributed by atoms with Gasteiger partial charge in [0.2, 0.25) is 0 Å². The zero-order valence-corrected chi connectivity index (χ0v) is 9.52. The number of pyridine rings is 1. The lowest BCUT2D eigenvalue weighted by Gasteiger charge is -2.10. The quantitative estimate of drug-likeness (QED) is 0.799. The molecule has 1 aromatic heterocycles. The van der Waals surface area contributed by atoms with Gasteiger partial charge in [0.05, 0.1) is 0 Å². The number of alkyl halides is 3. The Morgan fingerprint density at radius 3 is 2.68 bits per heavy atom. The molecule has 2 aromatic rings.